The van der Waals surface area contributed by atoms with Crippen molar-refractivity contribution in [3.8, 4) is 0 Å². The summed E-state index contributed by atoms with van der Waals surface area (Å²) < 4.78 is 0. The maximum Gasteiger partial charge on any atom is 0.185 e. The van der Waals surface area contributed by atoms with Gasteiger partial charge in [-0.1, -0.05) is 42.8 Å². The third-order valence-corrected chi connectivity index (χ3v) is 1.99. The highest BCUT2D eigenvalue weighted by atomic mass is 16.1. The Morgan fingerprint density at radius 3 is 2.46 bits per heavy atom. The molecule has 0 atom stereocenters. The Balaban J connectivity index is 2.81. The fraction of sp³-hybridized carbons (Fsp3) is 0.250. The SMILES string of the molecule is CC/C(C)=C/C(=O)c1ccccc1. The molecule has 1 aromatic carbocycles. The third kappa shape index (κ3) is 2.86. The fourth-order valence-electron chi connectivity index (χ4n) is 1.01. The van der Waals surface area contributed by atoms with E-state index in [0.717, 1.165) is 17.6 Å². The van der Waals surface area contributed by atoms with Gasteiger partial charge in [0.05, 0.1) is 0 Å². The molecule has 13 heavy (non-hydrogen) atoms. The second-order valence-corrected chi connectivity index (χ2v) is 3.07. The largest absolute Gasteiger partial charge is 0.289 e. The molecule has 0 N–H and O–H groups in total. The van der Waals surface area contributed by atoms with Crippen molar-refractivity contribution < 1.29 is 4.79 Å². The van der Waals surface area contributed by atoms with Gasteiger partial charge in [0.25, 0.3) is 0 Å². The van der Waals surface area contributed by atoms with Crippen LogP contribution in [-0.4, -0.2) is 5.78 Å². The van der Waals surface area contributed by atoms with E-state index in [1.54, 1.807) is 6.08 Å². The van der Waals surface area contributed by atoms with Crippen LogP contribution in [0.4, 0.5) is 0 Å². The van der Waals surface area contributed by atoms with Gasteiger partial charge >= 0.3 is 0 Å². The van der Waals surface area contributed by atoms with Crippen LogP contribution in [0.3, 0.4) is 0 Å². The number of rotatable bonds is 3. The summed E-state index contributed by atoms with van der Waals surface area (Å²) in [6.07, 6.45) is 2.63. The monoisotopic (exact) mass is 174 g/mol. The molecule has 1 aromatic rings. The zero-order valence-corrected chi connectivity index (χ0v) is 8.08. The molecule has 0 saturated carbocycles. The van der Waals surface area contributed by atoms with Gasteiger partial charge in [-0.15, -0.1) is 0 Å². The molecular formula is C12H14O. The standard InChI is InChI=1S/C12H14O/c1-3-10(2)9-12(13)11-7-5-4-6-8-11/h4-9H,3H2,1-2H3/b10-9+. The van der Waals surface area contributed by atoms with Crippen molar-refractivity contribution in [1.29, 1.82) is 0 Å². The molecule has 0 aliphatic carbocycles. The van der Waals surface area contributed by atoms with Crippen LogP contribution in [0.1, 0.15) is 30.6 Å². The van der Waals surface area contributed by atoms with Crippen LogP contribution >= 0.6 is 0 Å². The summed E-state index contributed by atoms with van der Waals surface area (Å²) in [4.78, 5) is 11.5. The van der Waals surface area contributed by atoms with E-state index in [0.29, 0.717) is 0 Å². The molecule has 0 fully saturated rings. The molecule has 1 heteroatoms. The molecule has 0 saturated heterocycles. The van der Waals surface area contributed by atoms with Crippen LogP contribution in [-0.2, 0) is 0 Å². The number of hydrogen-bond acceptors (Lipinski definition) is 1. The van der Waals surface area contributed by atoms with Gasteiger partial charge in [-0.05, 0) is 19.4 Å². The summed E-state index contributed by atoms with van der Waals surface area (Å²) in [5, 5.41) is 0. The second-order valence-electron chi connectivity index (χ2n) is 3.07. The van der Waals surface area contributed by atoms with E-state index >= 15 is 0 Å². The van der Waals surface area contributed by atoms with E-state index in [1.165, 1.54) is 0 Å². The Morgan fingerprint density at radius 2 is 1.92 bits per heavy atom. The Kier molecular flexibility index (Phi) is 3.44. The van der Waals surface area contributed by atoms with Gasteiger partial charge in [0.2, 0.25) is 0 Å². The first-order valence-corrected chi connectivity index (χ1v) is 4.50. The molecule has 0 aliphatic heterocycles. The predicted octanol–water partition coefficient (Wildman–Crippen LogP) is 3.23. The molecule has 0 aliphatic rings. The molecular weight excluding hydrogens is 160 g/mol. The smallest absolute Gasteiger partial charge is 0.185 e. The minimum Gasteiger partial charge on any atom is -0.289 e. The van der Waals surface area contributed by atoms with Crippen molar-refractivity contribution in [2.45, 2.75) is 20.3 Å². The first-order valence-electron chi connectivity index (χ1n) is 4.50. The van der Waals surface area contributed by atoms with Crippen molar-refractivity contribution >= 4 is 5.78 Å². The number of carbonyl (C=O) groups excluding carboxylic acids is 1. The fourth-order valence-corrected chi connectivity index (χ4v) is 1.01. The van der Waals surface area contributed by atoms with Crippen molar-refractivity contribution in [3.05, 3.63) is 47.5 Å². The lowest BCUT2D eigenvalue weighted by Gasteiger charge is -1.96. The average molecular weight is 174 g/mol. The Labute approximate surface area is 79.1 Å². The molecule has 0 bridgehead atoms. The van der Waals surface area contributed by atoms with Crippen LogP contribution in [0.25, 0.3) is 0 Å². The summed E-state index contributed by atoms with van der Waals surface area (Å²) in [6, 6.07) is 9.33. The predicted molar refractivity (Wildman–Crippen MR) is 54.8 cm³/mol. The molecule has 0 heterocycles. The van der Waals surface area contributed by atoms with Gasteiger partial charge in [0, 0.05) is 5.56 Å². The molecule has 0 radical (unpaired) electrons. The lowest BCUT2D eigenvalue weighted by Crippen LogP contribution is -1.94. The summed E-state index contributed by atoms with van der Waals surface area (Å²) in [5.41, 5.74) is 1.88. The number of carbonyl (C=O) groups is 1. The topological polar surface area (TPSA) is 17.1 Å². The Hall–Kier alpha value is -1.37. The number of benzene rings is 1. The Morgan fingerprint density at radius 1 is 1.31 bits per heavy atom. The molecule has 0 aromatic heterocycles. The highest BCUT2D eigenvalue weighted by Crippen LogP contribution is 2.05. The molecule has 0 spiro atoms. The van der Waals surface area contributed by atoms with Crippen molar-refractivity contribution in [2.75, 3.05) is 0 Å². The first kappa shape index (κ1) is 9.72. The molecule has 1 nitrogen and oxygen atoms in total. The second kappa shape index (κ2) is 4.61. The van der Waals surface area contributed by atoms with Crippen LogP contribution in [0, 0.1) is 0 Å². The van der Waals surface area contributed by atoms with Gasteiger partial charge in [-0.25, -0.2) is 0 Å². The molecule has 0 unspecified atom stereocenters. The first-order chi connectivity index (χ1) is 6.24. The van der Waals surface area contributed by atoms with E-state index in [2.05, 4.69) is 0 Å². The van der Waals surface area contributed by atoms with Gasteiger partial charge in [-0.3, -0.25) is 4.79 Å². The highest BCUT2D eigenvalue weighted by Gasteiger charge is 2.00. The normalized spacial score (nSPS) is 11.4. The number of ketones is 1. The van der Waals surface area contributed by atoms with Crippen LogP contribution in [0.2, 0.25) is 0 Å². The van der Waals surface area contributed by atoms with Crippen molar-refractivity contribution in [3.63, 3.8) is 0 Å². The van der Waals surface area contributed by atoms with Gasteiger partial charge in [0.1, 0.15) is 0 Å². The van der Waals surface area contributed by atoms with Crippen LogP contribution in [0.15, 0.2) is 42.0 Å². The van der Waals surface area contributed by atoms with E-state index in [4.69, 9.17) is 0 Å². The Bertz CT molecular complexity index is 309. The van der Waals surface area contributed by atoms with E-state index in [1.807, 2.05) is 44.2 Å². The summed E-state index contributed by atoms with van der Waals surface area (Å²) in [6.45, 7) is 4.02. The zero-order valence-electron chi connectivity index (χ0n) is 8.08. The highest BCUT2D eigenvalue weighted by molar-refractivity contribution is 6.04. The summed E-state index contributed by atoms with van der Waals surface area (Å²) >= 11 is 0. The average Bonchev–Trinajstić information content (AvgIpc) is 2.19. The van der Waals surface area contributed by atoms with E-state index < -0.39 is 0 Å². The van der Waals surface area contributed by atoms with Gasteiger partial charge in [-0.2, -0.15) is 0 Å². The molecule has 0 amide bonds. The minimum absolute atomic E-state index is 0.0972. The van der Waals surface area contributed by atoms with E-state index in [-0.39, 0.29) is 5.78 Å². The number of allylic oxidation sites excluding steroid dienone is 2. The molecule has 1 rings (SSSR count). The molecule has 68 valence electrons. The maximum atomic E-state index is 11.5. The van der Waals surface area contributed by atoms with Gasteiger partial charge < -0.3 is 0 Å². The lowest BCUT2D eigenvalue weighted by atomic mass is 10.1. The van der Waals surface area contributed by atoms with Crippen molar-refractivity contribution in [1.82, 2.24) is 0 Å². The van der Waals surface area contributed by atoms with Gasteiger partial charge in [0.15, 0.2) is 5.78 Å². The number of hydrogen-bond donors (Lipinski definition) is 0. The van der Waals surface area contributed by atoms with Crippen molar-refractivity contribution in [2.24, 2.45) is 0 Å². The van der Waals surface area contributed by atoms with E-state index in [9.17, 15) is 4.79 Å². The third-order valence-electron chi connectivity index (χ3n) is 1.99. The lowest BCUT2D eigenvalue weighted by molar-refractivity contribution is 0.104. The zero-order chi connectivity index (χ0) is 9.68. The minimum atomic E-state index is 0.0972. The maximum absolute atomic E-state index is 11.5. The van der Waals surface area contributed by atoms with Crippen LogP contribution < -0.4 is 0 Å². The summed E-state index contributed by atoms with van der Waals surface area (Å²) in [5.74, 6) is 0.0972. The van der Waals surface area contributed by atoms with Crippen LogP contribution in [0.5, 0.6) is 0 Å². The summed E-state index contributed by atoms with van der Waals surface area (Å²) in [7, 11) is 0. The quantitative estimate of drug-likeness (QED) is 0.508.